The van der Waals surface area contributed by atoms with E-state index < -0.39 is 0 Å². The van der Waals surface area contributed by atoms with Gasteiger partial charge in [-0.3, -0.25) is 9.59 Å². The van der Waals surface area contributed by atoms with Crippen molar-refractivity contribution in [2.75, 3.05) is 26.7 Å². The van der Waals surface area contributed by atoms with Crippen LogP contribution in [0.4, 0.5) is 0 Å². The molecular formula is C14H28ClN3O2. The Labute approximate surface area is 128 Å². The number of hydrogen-bond acceptors (Lipinski definition) is 3. The van der Waals surface area contributed by atoms with E-state index in [-0.39, 0.29) is 36.2 Å². The SMILES string of the molecule is CNC1CCN(C(=O)CNC(=O)CC(C)(C)C)CC1.Cl. The van der Waals surface area contributed by atoms with Crippen LogP contribution in [-0.4, -0.2) is 49.4 Å². The molecule has 1 heterocycles. The Balaban J connectivity index is 0.00000361. The number of halogens is 1. The summed E-state index contributed by atoms with van der Waals surface area (Å²) in [5.41, 5.74) is -0.0434. The molecule has 0 aromatic rings. The van der Waals surface area contributed by atoms with Crippen molar-refractivity contribution < 1.29 is 9.59 Å². The molecule has 1 rings (SSSR count). The van der Waals surface area contributed by atoms with Crippen LogP contribution in [0.3, 0.4) is 0 Å². The summed E-state index contributed by atoms with van der Waals surface area (Å²) in [7, 11) is 1.95. The normalized spacial score (nSPS) is 16.5. The van der Waals surface area contributed by atoms with Gasteiger partial charge in [-0.1, -0.05) is 20.8 Å². The highest BCUT2D eigenvalue weighted by Crippen LogP contribution is 2.17. The highest BCUT2D eigenvalue weighted by Gasteiger charge is 2.22. The molecule has 20 heavy (non-hydrogen) atoms. The van der Waals surface area contributed by atoms with Crippen molar-refractivity contribution in [2.45, 2.75) is 46.1 Å². The topological polar surface area (TPSA) is 61.4 Å². The molecule has 0 radical (unpaired) electrons. The number of nitrogens with zero attached hydrogens (tertiary/aromatic N) is 1. The van der Waals surface area contributed by atoms with Crippen LogP contribution in [0.25, 0.3) is 0 Å². The second kappa shape index (κ2) is 8.47. The van der Waals surface area contributed by atoms with Gasteiger partial charge in [-0.15, -0.1) is 12.4 Å². The summed E-state index contributed by atoms with van der Waals surface area (Å²) in [5, 5.41) is 5.95. The van der Waals surface area contributed by atoms with E-state index in [1.807, 2.05) is 32.7 Å². The molecule has 5 nitrogen and oxygen atoms in total. The highest BCUT2D eigenvalue weighted by atomic mass is 35.5. The van der Waals surface area contributed by atoms with Gasteiger partial charge in [-0.05, 0) is 25.3 Å². The lowest BCUT2D eigenvalue weighted by atomic mass is 9.92. The summed E-state index contributed by atoms with van der Waals surface area (Å²) < 4.78 is 0. The minimum absolute atomic E-state index is 0. The average Bonchev–Trinajstić information content (AvgIpc) is 2.34. The van der Waals surface area contributed by atoms with Gasteiger partial charge in [0.05, 0.1) is 6.54 Å². The number of hydrogen-bond donors (Lipinski definition) is 2. The molecule has 2 amide bonds. The van der Waals surface area contributed by atoms with Gasteiger partial charge < -0.3 is 15.5 Å². The molecule has 0 atom stereocenters. The molecule has 118 valence electrons. The lowest BCUT2D eigenvalue weighted by Gasteiger charge is -2.32. The maximum atomic E-state index is 12.0. The number of rotatable bonds is 4. The fourth-order valence-corrected chi connectivity index (χ4v) is 2.25. The summed E-state index contributed by atoms with van der Waals surface area (Å²) >= 11 is 0. The van der Waals surface area contributed by atoms with Crippen LogP contribution in [0, 0.1) is 5.41 Å². The molecule has 2 N–H and O–H groups in total. The molecule has 0 saturated carbocycles. The third-order valence-corrected chi connectivity index (χ3v) is 3.38. The van der Waals surface area contributed by atoms with E-state index in [0.717, 1.165) is 25.9 Å². The van der Waals surface area contributed by atoms with Gasteiger partial charge in [0.2, 0.25) is 11.8 Å². The van der Waals surface area contributed by atoms with E-state index in [4.69, 9.17) is 0 Å². The molecule has 0 bridgehead atoms. The molecule has 1 aliphatic heterocycles. The highest BCUT2D eigenvalue weighted by molar-refractivity contribution is 5.85. The largest absolute Gasteiger partial charge is 0.347 e. The van der Waals surface area contributed by atoms with Crippen LogP contribution < -0.4 is 10.6 Å². The van der Waals surface area contributed by atoms with Gasteiger partial charge in [-0.2, -0.15) is 0 Å². The van der Waals surface area contributed by atoms with E-state index in [9.17, 15) is 9.59 Å². The first kappa shape index (κ1) is 19.2. The molecule has 0 aromatic heterocycles. The molecule has 0 spiro atoms. The Morgan fingerprint density at radius 3 is 2.20 bits per heavy atom. The molecule has 1 fully saturated rings. The Bertz CT molecular complexity index is 321. The third-order valence-electron chi connectivity index (χ3n) is 3.38. The predicted molar refractivity (Wildman–Crippen MR) is 83.0 cm³/mol. The van der Waals surface area contributed by atoms with Crippen molar-refractivity contribution in [3.63, 3.8) is 0 Å². The summed E-state index contributed by atoms with van der Waals surface area (Å²) in [5.74, 6) is -0.0252. The summed E-state index contributed by atoms with van der Waals surface area (Å²) in [4.78, 5) is 25.4. The minimum atomic E-state index is -0.0500. The molecule has 0 aliphatic carbocycles. The maximum absolute atomic E-state index is 12.0. The van der Waals surface area contributed by atoms with Crippen LogP contribution in [0.2, 0.25) is 0 Å². The van der Waals surface area contributed by atoms with Crippen molar-refractivity contribution in [2.24, 2.45) is 5.41 Å². The second-order valence-electron chi connectivity index (χ2n) is 6.46. The van der Waals surface area contributed by atoms with Gasteiger partial charge in [0.25, 0.3) is 0 Å². The number of piperidine rings is 1. The van der Waals surface area contributed by atoms with Crippen LogP contribution in [0.5, 0.6) is 0 Å². The molecule has 6 heteroatoms. The van der Waals surface area contributed by atoms with Crippen LogP contribution in [0.1, 0.15) is 40.0 Å². The molecular weight excluding hydrogens is 278 g/mol. The van der Waals surface area contributed by atoms with Crippen LogP contribution >= 0.6 is 12.4 Å². The first-order chi connectivity index (χ1) is 8.81. The fraction of sp³-hybridized carbons (Fsp3) is 0.857. The van der Waals surface area contributed by atoms with Gasteiger partial charge in [-0.25, -0.2) is 0 Å². The van der Waals surface area contributed by atoms with E-state index in [1.165, 1.54) is 0 Å². The first-order valence-electron chi connectivity index (χ1n) is 7.03. The van der Waals surface area contributed by atoms with Gasteiger partial charge in [0.15, 0.2) is 0 Å². The monoisotopic (exact) mass is 305 g/mol. The first-order valence-corrected chi connectivity index (χ1v) is 7.03. The average molecular weight is 306 g/mol. The van der Waals surface area contributed by atoms with Gasteiger partial charge >= 0.3 is 0 Å². The lowest BCUT2D eigenvalue weighted by molar-refractivity contribution is -0.134. The molecule has 1 saturated heterocycles. The Morgan fingerprint density at radius 2 is 1.75 bits per heavy atom. The third kappa shape index (κ3) is 7.10. The fourth-order valence-electron chi connectivity index (χ4n) is 2.25. The zero-order chi connectivity index (χ0) is 14.5. The van der Waals surface area contributed by atoms with Crippen LogP contribution in [-0.2, 0) is 9.59 Å². The Hall–Kier alpha value is -0.810. The van der Waals surface area contributed by atoms with E-state index in [2.05, 4.69) is 10.6 Å². The zero-order valence-electron chi connectivity index (χ0n) is 13.0. The van der Waals surface area contributed by atoms with Crippen molar-refractivity contribution in [1.29, 1.82) is 0 Å². The molecule has 0 aromatic carbocycles. The molecule has 0 unspecified atom stereocenters. The summed E-state index contributed by atoms with van der Waals surface area (Å²) in [6, 6.07) is 0.513. The van der Waals surface area contributed by atoms with Crippen molar-refractivity contribution in [3.05, 3.63) is 0 Å². The van der Waals surface area contributed by atoms with E-state index in [1.54, 1.807) is 0 Å². The molecule has 1 aliphatic rings. The van der Waals surface area contributed by atoms with Gasteiger partial charge in [0, 0.05) is 25.6 Å². The smallest absolute Gasteiger partial charge is 0.241 e. The Morgan fingerprint density at radius 1 is 1.20 bits per heavy atom. The summed E-state index contributed by atoms with van der Waals surface area (Å²) in [6.45, 7) is 7.71. The summed E-state index contributed by atoms with van der Waals surface area (Å²) in [6.07, 6.45) is 2.42. The zero-order valence-corrected chi connectivity index (χ0v) is 13.8. The van der Waals surface area contributed by atoms with E-state index in [0.29, 0.717) is 12.5 Å². The number of carbonyl (C=O) groups is 2. The number of likely N-dealkylation sites (tertiary alicyclic amines) is 1. The van der Waals surface area contributed by atoms with Gasteiger partial charge in [0.1, 0.15) is 0 Å². The van der Waals surface area contributed by atoms with Crippen molar-refractivity contribution >= 4 is 24.2 Å². The number of amides is 2. The van der Waals surface area contributed by atoms with Crippen LogP contribution in [0.15, 0.2) is 0 Å². The van der Waals surface area contributed by atoms with Crippen molar-refractivity contribution in [3.8, 4) is 0 Å². The predicted octanol–water partition coefficient (Wildman–Crippen LogP) is 1.17. The van der Waals surface area contributed by atoms with Crippen molar-refractivity contribution in [1.82, 2.24) is 15.5 Å². The quantitative estimate of drug-likeness (QED) is 0.820. The standard InChI is InChI=1S/C14H27N3O2.ClH/c1-14(2,3)9-12(18)16-10-13(19)17-7-5-11(15-4)6-8-17;/h11,15H,5-10H2,1-4H3,(H,16,18);1H. The lowest BCUT2D eigenvalue weighted by Crippen LogP contribution is -2.47. The minimum Gasteiger partial charge on any atom is -0.347 e. The Kier molecular flexibility index (Phi) is 8.13. The maximum Gasteiger partial charge on any atom is 0.241 e. The number of carbonyl (C=O) groups excluding carboxylic acids is 2. The second-order valence-corrected chi connectivity index (χ2v) is 6.46. The number of nitrogens with one attached hydrogen (secondary N) is 2. The van der Waals surface area contributed by atoms with E-state index >= 15 is 0 Å².